The number of thiazole rings is 1. The number of anilines is 1. The number of carbonyl (C=O) groups excluding carboxylic acids is 2. The second-order valence-electron chi connectivity index (χ2n) is 9.55. The highest BCUT2D eigenvalue weighted by Crippen LogP contribution is 2.45. The standard InChI is InChI=1S/C29H25ClN2O5S/c1-15(2)14-37-22-11-6-18(12-16(22)3)26(34)24-25(17-4-8-20(33)9-5-17)32(28(36)27(24)35)29-31-21-10-7-19(30)13-23(21)38-29/h4-13,15,25,33-34H,14H2,1-3H3/b26-24+. The van der Waals surface area contributed by atoms with E-state index in [1.165, 1.54) is 28.4 Å². The van der Waals surface area contributed by atoms with E-state index in [-0.39, 0.29) is 17.1 Å². The molecule has 1 aliphatic heterocycles. The number of Topliss-reactive ketones (excluding diaryl/α,β-unsaturated/α-hetero) is 1. The summed E-state index contributed by atoms with van der Waals surface area (Å²) in [7, 11) is 0. The number of benzene rings is 3. The van der Waals surface area contributed by atoms with Gasteiger partial charge < -0.3 is 14.9 Å². The molecular formula is C29H25ClN2O5S. The molecule has 1 atom stereocenters. The maximum atomic E-state index is 13.4. The number of amides is 1. The van der Waals surface area contributed by atoms with Gasteiger partial charge in [-0.2, -0.15) is 0 Å². The molecule has 7 nitrogen and oxygen atoms in total. The van der Waals surface area contributed by atoms with Crippen molar-refractivity contribution >= 4 is 55.7 Å². The van der Waals surface area contributed by atoms with E-state index < -0.39 is 17.7 Å². The molecule has 4 aromatic rings. The number of fused-ring (bicyclic) bond motifs is 1. The van der Waals surface area contributed by atoms with Gasteiger partial charge in [0.05, 0.1) is 28.4 Å². The lowest BCUT2D eigenvalue weighted by Crippen LogP contribution is -2.29. The second kappa shape index (κ2) is 10.1. The molecule has 0 bridgehead atoms. The third kappa shape index (κ3) is 4.73. The quantitative estimate of drug-likeness (QED) is 0.159. The summed E-state index contributed by atoms with van der Waals surface area (Å²) < 4.78 is 6.60. The van der Waals surface area contributed by atoms with Crippen LogP contribution in [0.4, 0.5) is 5.13 Å². The molecule has 0 spiro atoms. The van der Waals surface area contributed by atoms with Crippen LogP contribution in [0.5, 0.6) is 11.5 Å². The topological polar surface area (TPSA) is 100.0 Å². The summed E-state index contributed by atoms with van der Waals surface area (Å²) in [5, 5.41) is 22.1. The zero-order valence-corrected chi connectivity index (χ0v) is 22.5. The summed E-state index contributed by atoms with van der Waals surface area (Å²) in [4.78, 5) is 32.7. The number of aromatic nitrogens is 1. The first-order chi connectivity index (χ1) is 18.1. The monoisotopic (exact) mass is 548 g/mol. The van der Waals surface area contributed by atoms with Gasteiger partial charge in [0.15, 0.2) is 5.13 Å². The lowest BCUT2D eigenvalue weighted by Gasteiger charge is -2.23. The number of aryl methyl sites for hydroxylation is 1. The van der Waals surface area contributed by atoms with E-state index in [4.69, 9.17) is 16.3 Å². The lowest BCUT2D eigenvalue weighted by atomic mass is 9.95. The van der Waals surface area contributed by atoms with Gasteiger partial charge in [-0.15, -0.1) is 0 Å². The van der Waals surface area contributed by atoms with E-state index >= 15 is 0 Å². The Kier molecular flexibility index (Phi) is 6.86. The van der Waals surface area contributed by atoms with Crippen molar-refractivity contribution in [2.24, 2.45) is 5.92 Å². The van der Waals surface area contributed by atoms with Gasteiger partial charge >= 0.3 is 5.91 Å². The van der Waals surface area contributed by atoms with Gasteiger partial charge in [-0.1, -0.05) is 48.9 Å². The fraction of sp³-hybridized carbons (Fsp3) is 0.207. The van der Waals surface area contributed by atoms with Gasteiger partial charge in [-0.3, -0.25) is 14.5 Å². The van der Waals surface area contributed by atoms with Crippen molar-refractivity contribution in [1.29, 1.82) is 0 Å². The number of phenols is 1. The van der Waals surface area contributed by atoms with Crippen LogP contribution in [0.2, 0.25) is 5.02 Å². The first kappa shape index (κ1) is 25.8. The highest BCUT2D eigenvalue weighted by Gasteiger charge is 2.48. The number of ketones is 1. The number of ether oxygens (including phenoxy) is 1. The number of aliphatic hydroxyl groups excluding tert-OH is 1. The van der Waals surface area contributed by atoms with Crippen LogP contribution in [0.25, 0.3) is 16.0 Å². The van der Waals surface area contributed by atoms with E-state index in [1.54, 1.807) is 48.5 Å². The van der Waals surface area contributed by atoms with Gasteiger partial charge in [0.1, 0.15) is 17.3 Å². The van der Waals surface area contributed by atoms with E-state index in [9.17, 15) is 19.8 Å². The first-order valence-corrected chi connectivity index (χ1v) is 13.2. The second-order valence-corrected chi connectivity index (χ2v) is 11.0. The van der Waals surface area contributed by atoms with E-state index in [0.717, 1.165) is 10.3 Å². The normalized spacial score (nSPS) is 17.1. The SMILES string of the molecule is Cc1cc(/C(O)=C2\C(=O)C(=O)N(c3nc4ccc(Cl)cc4s3)C2c2ccc(O)cc2)ccc1OCC(C)C. The minimum absolute atomic E-state index is 0.0351. The van der Waals surface area contributed by atoms with Crippen LogP contribution in [-0.2, 0) is 9.59 Å². The molecule has 9 heteroatoms. The van der Waals surface area contributed by atoms with Crippen LogP contribution in [0.1, 0.15) is 36.6 Å². The number of halogens is 1. The average Bonchev–Trinajstić information content (AvgIpc) is 3.40. The zero-order valence-electron chi connectivity index (χ0n) is 20.9. The Morgan fingerprint density at radius 2 is 1.84 bits per heavy atom. The third-order valence-corrected chi connectivity index (χ3v) is 7.47. The molecule has 1 saturated heterocycles. The summed E-state index contributed by atoms with van der Waals surface area (Å²) in [5.41, 5.74) is 2.28. The number of hydrogen-bond donors (Lipinski definition) is 2. The van der Waals surface area contributed by atoms with Crippen molar-refractivity contribution in [2.75, 3.05) is 11.5 Å². The molecule has 2 N–H and O–H groups in total. The van der Waals surface area contributed by atoms with Crippen LogP contribution in [0, 0.1) is 12.8 Å². The predicted octanol–water partition coefficient (Wildman–Crippen LogP) is 6.62. The molecular weight excluding hydrogens is 524 g/mol. The van der Waals surface area contributed by atoms with Gasteiger partial charge in [0, 0.05) is 10.6 Å². The summed E-state index contributed by atoms with van der Waals surface area (Å²) >= 11 is 7.37. The molecule has 0 radical (unpaired) electrons. The molecule has 1 unspecified atom stereocenters. The number of nitrogens with zero attached hydrogens (tertiary/aromatic N) is 2. The lowest BCUT2D eigenvalue weighted by molar-refractivity contribution is -0.132. The molecule has 1 amide bonds. The zero-order chi connectivity index (χ0) is 27.1. The van der Waals surface area contributed by atoms with Crippen LogP contribution in [-0.4, -0.2) is 33.5 Å². The Labute approximate surface area is 228 Å². The molecule has 5 rings (SSSR count). The number of rotatable bonds is 6. The molecule has 38 heavy (non-hydrogen) atoms. The smallest absolute Gasteiger partial charge is 0.301 e. The summed E-state index contributed by atoms with van der Waals surface area (Å²) in [6, 6.07) is 15.6. The van der Waals surface area contributed by atoms with Crippen LogP contribution >= 0.6 is 22.9 Å². The Hall–Kier alpha value is -3.88. The van der Waals surface area contributed by atoms with Crippen LogP contribution in [0.15, 0.2) is 66.2 Å². The predicted molar refractivity (Wildman–Crippen MR) is 149 cm³/mol. The van der Waals surface area contributed by atoms with Crippen LogP contribution < -0.4 is 9.64 Å². The fourth-order valence-electron chi connectivity index (χ4n) is 4.36. The Bertz CT molecular complexity index is 1590. The van der Waals surface area contributed by atoms with Crippen molar-refractivity contribution in [3.8, 4) is 11.5 Å². The highest BCUT2D eigenvalue weighted by atomic mass is 35.5. The van der Waals surface area contributed by atoms with Gasteiger partial charge in [-0.25, -0.2) is 4.98 Å². The maximum Gasteiger partial charge on any atom is 0.301 e. The summed E-state index contributed by atoms with van der Waals surface area (Å²) in [6.45, 7) is 6.51. The van der Waals surface area contributed by atoms with Crippen molar-refractivity contribution in [1.82, 2.24) is 4.98 Å². The number of phenolic OH excluding ortho intramolecular Hbond substituents is 1. The van der Waals surface area contributed by atoms with Crippen molar-refractivity contribution in [3.05, 3.63) is 87.9 Å². The Balaban J connectivity index is 1.64. The largest absolute Gasteiger partial charge is 0.508 e. The minimum Gasteiger partial charge on any atom is -0.508 e. The molecule has 0 aliphatic carbocycles. The number of aromatic hydroxyl groups is 1. The van der Waals surface area contributed by atoms with E-state index in [2.05, 4.69) is 18.8 Å². The average molecular weight is 549 g/mol. The highest BCUT2D eigenvalue weighted by molar-refractivity contribution is 7.22. The molecule has 1 fully saturated rings. The van der Waals surface area contributed by atoms with Crippen molar-refractivity contribution in [3.63, 3.8) is 0 Å². The molecule has 0 saturated carbocycles. The van der Waals surface area contributed by atoms with Gasteiger partial charge in [-0.05, 0) is 72.5 Å². The van der Waals surface area contributed by atoms with Gasteiger partial charge in [0.25, 0.3) is 5.78 Å². The maximum absolute atomic E-state index is 13.4. The minimum atomic E-state index is -0.955. The van der Waals surface area contributed by atoms with Crippen LogP contribution in [0.3, 0.4) is 0 Å². The number of hydrogen-bond acceptors (Lipinski definition) is 7. The summed E-state index contributed by atoms with van der Waals surface area (Å²) in [6.07, 6.45) is 0. The molecule has 2 heterocycles. The van der Waals surface area contributed by atoms with E-state index in [1.807, 2.05) is 6.92 Å². The molecule has 194 valence electrons. The molecule has 1 aromatic heterocycles. The van der Waals surface area contributed by atoms with Gasteiger partial charge in [0.2, 0.25) is 0 Å². The molecule has 1 aliphatic rings. The Morgan fingerprint density at radius 1 is 1.11 bits per heavy atom. The fourth-order valence-corrected chi connectivity index (χ4v) is 5.63. The molecule has 3 aromatic carbocycles. The van der Waals surface area contributed by atoms with Crippen molar-refractivity contribution < 1.29 is 24.5 Å². The third-order valence-electron chi connectivity index (χ3n) is 6.22. The van der Waals surface area contributed by atoms with Crippen molar-refractivity contribution in [2.45, 2.75) is 26.8 Å². The summed E-state index contributed by atoms with van der Waals surface area (Å²) in [5.74, 6) is -0.861. The number of aliphatic hydroxyl groups is 1. The Morgan fingerprint density at radius 3 is 2.53 bits per heavy atom. The number of carbonyl (C=O) groups is 2. The van der Waals surface area contributed by atoms with E-state index in [0.29, 0.717) is 45.1 Å². The first-order valence-electron chi connectivity index (χ1n) is 12.0.